The minimum atomic E-state index is -0.450. The van der Waals surface area contributed by atoms with E-state index in [1.165, 1.54) is 0 Å². The number of nitriles is 1. The number of aromatic amines is 1. The summed E-state index contributed by atoms with van der Waals surface area (Å²) in [6.07, 6.45) is 0. The zero-order valence-electron chi connectivity index (χ0n) is 11.1. The lowest BCUT2D eigenvalue weighted by molar-refractivity contribution is -0.420. The summed E-state index contributed by atoms with van der Waals surface area (Å²) in [6, 6.07) is 2.06. The molecule has 0 spiro atoms. The fourth-order valence-electron chi connectivity index (χ4n) is 2.06. The molecule has 0 aromatic carbocycles. The van der Waals surface area contributed by atoms with E-state index in [4.69, 9.17) is 0 Å². The zero-order valence-corrected chi connectivity index (χ0v) is 11.1. The number of anilines is 1. The predicted molar refractivity (Wildman–Crippen MR) is 67.4 cm³/mol. The number of hydrogen-bond donors (Lipinski definition) is 0. The minimum absolute atomic E-state index is 0.0116. The molecule has 0 amide bonds. The molecular formula is C12H17N4O2+. The van der Waals surface area contributed by atoms with Gasteiger partial charge in [0, 0.05) is 6.92 Å². The number of nitro groups is 1. The first kappa shape index (κ1) is 13.9. The Labute approximate surface area is 106 Å². The maximum absolute atomic E-state index is 11.0. The van der Waals surface area contributed by atoms with Crippen molar-refractivity contribution in [2.45, 2.75) is 27.7 Å². The largest absolute Gasteiger partial charge is 0.315 e. The molecule has 1 aromatic rings. The lowest BCUT2D eigenvalue weighted by Crippen LogP contribution is -2.32. The highest BCUT2D eigenvalue weighted by atomic mass is 16.6. The van der Waals surface area contributed by atoms with Crippen LogP contribution in [0.2, 0.25) is 0 Å². The Hall–Kier alpha value is -2.16. The van der Waals surface area contributed by atoms with Gasteiger partial charge in [-0.15, -0.1) is 0 Å². The maximum Gasteiger partial charge on any atom is 0.315 e. The third-order valence-electron chi connectivity index (χ3n) is 3.00. The van der Waals surface area contributed by atoms with Gasteiger partial charge in [0.2, 0.25) is 0 Å². The van der Waals surface area contributed by atoms with Gasteiger partial charge in [0.25, 0.3) is 5.82 Å². The first-order valence-electron chi connectivity index (χ1n) is 5.83. The number of rotatable bonds is 4. The molecule has 0 aliphatic heterocycles. The molecule has 6 nitrogen and oxygen atoms in total. The molecule has 0 fully saturated rings. The van der Waals surface area contributed by atoms with Crippen molar-refractivity contribution in [3.63, 3.8) is 0 Å². The summed E-state index contributed by atoms with van der Waals surface area (Å²) < 4.78 is 0. The number of nitrogens with zero attached hydrogens (tertiary/aromatic N) is 3. The van der Waals surface area contributed by atoms with E-state index in [-0.39, 0.29) is 5.69 Å². The van der Waals surface area contributed by atoms with Crippen molar-refractivity contribution in [2.75, 3.05) is 18.0 Å². The van der Waals surface area contributed by atoms with Gasteiger partial charge in [0.1, 0.15) is 6.07 Å². The van der Waals surface area contributed by atoms with Crippen molar-refractivity contribution in [1.82, 2.24) is 0 Å². The molecule has 1 aromatic heterocycles. The van der Waals surface area contributed by atoms with Crippen LogP contribution in [0.3, 0.4) is 0 Å². The summed E-state index contributed by atoms with van der Waals surface area (Å²) in [6.45, 7) is 8.69. The molecule has 18 heavy (non-hydrogen) atoms. The van der Waals surface area contributed by atoms with Crippen molar-refractivity contribution in [3.05, 3.63) is 26.9 Å². The van der Waals surface area contributed by atoms with E-state index in [1.807, 2.05) is 18.7 Å². The molecular weight excluding hydrogens is 232 g/mol. The van der Waals surface area contributed by atoms with Gasteiger partial charge in [-0.1, -0.05) is 0 Å². The van der Waals surface area contributed by atoms with Crippen LogP contribution in [0.4, 0.5) is 11.5 Å². The fraction of sp³-hybridized carbons (Fsp3) is 0.500. The number of H-pyrrole nitrogens is 1. The van der Waals surface area contributed by atoms with Crippen LogP contribution in [0, 0.1) is 35.3 Å². The molecule has 0 unspecified atom stereocenters. The van der Waals surface area contributed by atoms with Crippen LogP contribution in [-0.2, 0) is 0 Å². The molecule has 1 heterocycles. The maximum atomic E-state index is 11.0. The molecule has 0 bridgehead atoms. The van der Waals surface area contributed by atoms with E-state index >= 15 is 0 Å². The lowest BCUT2D eigenvalue weighted by Gasteiger charge is -2.14. The van der Waals surface area contributed by atoms with Gasteiger partial charge in [0.15, 0.2) is 11.3 Å². The Bertz CT molecular complexity index is 516. The predicted octanol–water partition coefficient (Wildman–Crippen LogP) is 1.74. The van der Waals surface area contributed by atoms with Crippen LogP contribution < -0.4 is 9.88 Å². The van der Waals surface area contributed by atoms with E-state index in [0.717, 1.165) is 13.1 Å². The number of hydrogen-bond acceptors (Lipinski definition) is 4. The van der Waals surface area contributed by atoms with Crippen LogP contribution in [0.25, 0.3) is 0 Å². The molecule has 1 rings (SSSR count). The highest BCUT2D eigenvalue weighted by Crippen LogP contribution is 2.27. The van der Waals surface area contributed by atoms with Crippen LogP contribution >= 0.6 is 0 Å². The normalized spacial score (nSPS) is 9.94. The second kappa shape index (κ2) is 5.45. The smallest absolute Gasteiger partial charge is 0.261 e. The monoisotopic (exact) mass is 249 g/mol. The highest BCUT2D eigenvalue weighted by Gasteiger charge is 2.28. The Balaban J connectivity index is 3.58. The van der Waals surface area contributed by atoms with E-state index in [9.17, 15) is 15.4 Å². The van der Waals surface area contributed by atoms with E-state index < -0.39 is 4.92 Å². The van der Waals surface area contributed by atoms with Crippen molar-refractivity contribution < 1.29 is 9.91 Å². The number of nitrogens with one attached hydrogen (secondary N) is 1. The third kappa shape index (κ3) is 2.25. The molecule has 0 saturated carbocycles. The zero-order chi connectivity index (χ0) is 13.9. The van der Waals surface area contributed by atoms with Crippen LogP contribution in [0.5, 0.6) is 0 Å². The van der Waals surface area contributed by atoms with E-state index in [0.29, 0.717) is 22.6 Å². The first-order chi connectivity index (χ1) is 8.47. The van der Waals surface area contributed by atoms with Gasteiger partial charge in [-0.25, -0.2) is 4.98 Å². The van der Waals surface area contributed by atoms with Crippen LogP contribution in [0.1, 0.15) is 30.7 Å². The van der Waals surface area contributed by atoms with Crippen molar-refractivity contribution in [1.29, 1.82) is 5.26 Å². The molecule has 6 heteroatoms. The molecule has 0 aliphatic rings. The van der Waals surface area contributed by atoms with E-state index in [2.05, 4.69) is 11.1 Å². The summed E-state index contributed by atoms with van der Waals surface area (Å²) in [5.74, 6) is 0.656. The lowest BCUT2D eigenvalue weighted by atomic mass is 10.1. The summed E-state index contributed by atoms with van der Waals surface area (Å²) in [5.41, 5.74) is 1.22. The Morgan fingerprint density at radius 3 is 2.33 bits per heavy atom. The SMILES string of the molecule is CCN(CC)c1[nH+]c(C)c([N+](=O)[O-])c(C)c1C#N. The third-order valence-corrected chi connectivity index (χ3v) is 3.00. The molecule has 0 radical (unpaired) electrons. The highest BCUT2D eigenvalue weighted by molar-refractivity contribution is 5.60. The molecule has 1 N–H and O–H groups in total. The molecule has 0 saturated heterocycles. The summed E-state index contributed by atoms with van der Waals surface area (Å²) >= 11 is 0. The quantitative estimate of drug-likeness (QED) is 0.601. The average molecular weight is 249 g/mol. The van der Waals surface area contributed by atoms with Crippen molar-refractivity contribution in [2.24, 2.45) is 0 Å². The van der Waals surface area contributed by atoms with Gasteiger partial charge in [-0.05, 0) is 20.8 Å². The second-order valence-electron chi connectivity index (χ2n) is 3.99. The van der Waals surface area contributed by atoms with Crippen molar-refractivity contribution in [3.8, 4) is 6.07 Å². The van der Waals surface area contributed by atoms with Crippen molar-refractivity contribution >= 4 is 11.5 Å². The second-order valence-corrected chi connectivity index (χ2v) is 3.99. The number of aromatic nitrogens is 1. The molecule has 0 aliphatic carbocycles. The van der Waals surface area contributed by atoms with Gasteiger partial charge < -0.3 is 0 Å². The molecule has 96 valence electrons. The van der Waals surface area contributed by atoms with Gasteiger partial charge >= 0.3 is 5.69 Å². The van der Waals surface area contributed by atoms with Crippen LogP contribution in [0.15, 0.2) is 0 Å². The summed E-state index contributed by atoms with van der Waals surface area (Å²) in [4.78, 5) is 15.5. The van der Waals surface area contributed by atoms with Gasteiger partial charge in [-0.2, -0.15) is 5.26 Å². The standard InChI is InChI=1S/C12H16N4O2/c1-5-15(6-2)12-10(7-13)8(3)11(16(17)18)9(4)14-12/h5-6H2,1-4H3/p+1. The summed E-state index contributed by atoms with van der Waals surface area (Å²) in [5, 5.41) is 20.2. The Morgan fingerprint density at radius 1 is 1.39 bits per heavy atom. The summed E-state index contributed by atoms with van der Waals surface area (Å²) in [7, 11) is 0. The Morgan fingerprint density at radius 2 is 1.94 bits per heavy atom. The Kier molecular flexibility index (Phi) is 4.21. The molecule has 0 atom stereocenters. The van der Waals surface area contributed by atoms with Gasteiger partial charge in [-0.3, -0.25) is 15.0 Å². The number of pyridine rings is 1. The fourth-order valence-corrected chi connectivity index (χ4v) is 2.06. The average Bonchev–Trinajstić information content (AvgIpc) is 2.30. The minimum Gasteiger partial charge on any atom is -0.261 e. The number of aryl methyl sites for hydroxylation is 1. The van der Waals surface area contributed by atoms with E-state index in [1.54, 1.807) is 13.8 Å². The first-order valence-corrected chi connectivity index (χ1v) is 5.83. The van der Waals surface area contributed by atoms with Gasteiger partial charge in [0.05, 0.1) is 23.6 Å². The topological polar surface area (TPSA) is 84.3 Å². The van der Waals surface area contributed by atoms with Crippen LogP contribution in [-0.4, -0.2) is 18.0 Å².